The van der Waals surface area contributed by atoms with E-state index in [9.17, 15) is 19.5 Å². The van der Waals surface area contributed by atoms with E-state index >= 15 is 0 Å². The summed E-state index contributed by atoms with van der Waals surface area (Å²) in [5.41, 5.74) is 0.422. The minimum Gasteiger partial charge on any atom is -0.508 e. The molecule has 1 fully saturated rings. The molecule has 0 aromatic heterocycles. The Labute approximate surface area is 108 Å². The first-order valence-corrected chi connectivity index (χ1v) is 5.53. The Morgan fingerprint density at radius 1 is 1.21 bits per heavy atom. The lowest BCUT2D eigenvalue weighted by Gasteiger charge is -2.20. The van der Waals surface area contributed by atoms with Gasteiger partial charge >= 0.3 is 6.03 Å². The lowest BCUT2D eigenvalue weighted by Crippen LogP contribution is -2.56. The highest BCUT2D eigenvalue weighted by molar-refractivity contribution is 6.16. The van der Waals surface area contributed by atoms with Crippen LogP contribution in [0.4, 0.5) is 4.79 Å². The molecule has 0 unspecified atom stereocenters. The van der Waals surface area contributed by atoms with Gasteiger partial charge in [0.2, 0.25) is 11.8 Å². The standard InChI is InChI=1S/C12H12N2O5/c1-19-7-3-2-6(9(15)5-7)4-8-10(16)13-12(18)14-11(8)17/h2-3,5,8,15H,4H2,1H3,(H2,13,14,16,17,18). The predicted molar refractivity (Wildman–Crippen MR) is 63.5 cm³/mol. The molecule has 1 saturated heterocycles. The van der Waals surface area contributed by atoms with E-state index in [4.69, 9.17) is 4.74 Å². The van der Waals surface area contributed by atoms with Crippen LogP contribution in [0.25, 0.3) is 0 Å². The Hall–Kier alpha value is -2.57. The summed E-state index contributed by atoms with van der Waals surface area (Å²) in [5.74, 6) is -2.00. The number of hydrogen-bond donors (Lipinski definition) is 3. The molecule has 3 N–H and O–H groups in total. The Bertz CT molecular complexity index is 535. The van der Waals surface area contributed by atoms with E-state index in [1.165, 1.54) is 13.2 Å². The molecule has 0 spiro atoms. The van der Waals surface area contributed by atoms with Gasteiger partial charge in [0.25, 0.3) is 0 Å². The molecule has 7 nitrogen and oxygen atoms in total. The number of phenols is 1. The predicted octanol–water partition coefficient (Wildman–Crippen LogP) is -0.0745. The lowest BCUT2D eigenvalue weighted by molar-refractivity contribution is -0.135. The molecular formula is C12H12N2O5. The number of amides is 4. The smallest absolute Gasteiger partial charge is 0.328 e. The maximum absolute atomic E-state index is 11.6. The van der Waals surface area contributed by atoms with Gasteiger partial charge in [-0.1, -0.05) is 6.07 Å². The molecule has 0 bridgehead atoms. The van der Waals surface area contributed by atoms with Gasteiger partial charge in [0.15, 0.2) is 0 Å². The van der Waals surface area contributed by atoms with Crippen molar-refractivity contribution in [2.45, 2.75) is 6.42 Å². The topological polar surface area (TPSA) is 105 Å². The van der Waals surface area contributed by atoms with E-state index in [0.29, 0.717) is 11.3 Å². The maximum atomic E-state index is 11.6. The zero-order valence-electron chi connectivity index (χ0n) is 10.1. The minimum atomic E-state index is -1.04. The molecule has 4 amide bonds. The summed E-state index contributed by atoms with van der Waals surface area (Å²) in [7, 11) is 1.46. The van der Waals surface area contributed by atoms with E-state index in [0.717, 1.165) is 0 Å². The molecule has 0 aliphatic carbocycles. The van der Waals surface area contributed by atoms with Crippen molar-refractivity contribution < 1.29 is 24.2 Å². The fourth-order valence-electron chi connectivity index (χ4n) is 1.80. The number of imide groups is 2. The van der Waals surface area contributed by atoms with Gasteiger partial charge in [-0.15, -0.1) is 0 Å². The number of aromatic hydroxyl groups is 1. The van der Waals surface area contributed by atoms with Gasteiger partial charge in [-0.25, -0.2) is 4.79 Å². The third-order valence-electron chi connectivity index (χ3n) is 2.82. The summed E-state index contributed by atoms with van der Waals surface area (Å²) in [4.78, 5) is 34.0. The van der Waals surface area contributed by atoms with Crippen LogP contribution in [0.15, 0.2) is 18.2 Å². The number of nitrogens with one attached hydrogen (secondary N) is 2. The number of barbiturate groups is 1. The van der Waals surface area contributed by atoms with Crippen molar-refractivity contribution in [3.8, 4) is 11.5 Å². The highest BCUT2D eigenvalue weighted by atomic mass is 16.5. The Balaban J connectivity index is 2.19. The Morgan fingerprint density at radius 3 is 2.37 bits per heavy atom. The first kappa shape index (κ1) is 12.9. The van der Waals surface area contributed by atoms with Crippen LogP contribution in [0.5, 0.6) is 11.5 Å². The lowest BCUT2D eigenvalue weighted by atomic mass is 9.96. The number of carbonyl (C=O) groups excluding carboxylic acids is 3. The van der Waals surface area contributed by atoms with Gasteiger partial charge in [-0.2, -0.15) is 0 Å². The third kappa shape index (κ3) is 2.65. The van der Waals surface area contributed by atoms with Gasteiger partial charge in [-0.3, -0.25) is 20.2 Å². The van der Waals surface area contributed by atoms with Crippen molar-refractivity contribution in [1.29, 1.82) is 0 Å². The van der Waals surface area contributed by atoms with Crippen LogP contribution >= 0.6 is 0 Å². The molecule has 2 rings (SSSR count). The first-order chi connectivity index (χ1) is 9.01. The van der Waals surface area contributed by atoms with E-state index in [1.807, 2.05) is 10.6 Å². The fraction of sp³-hybridized carbons (Fsp3) is 0.250. The van der Waals surface area contributed by atoms with Gasteiger partial charge in [-0.05, 0) is 18.1 Å². The number of rotatable bonds is 3. The highest BCUT2D eigenvalue weighted by Crippen LogP contribution is 2.26. The van der Waals surface area contributed by atoms with Gasteiger partial charge in [0.1, 0.15) is 17.4 Å². The van der Waals surface area contributed by atoms with Crippen LogP contribution < -0.4 is 15.4 Å². The van der Waals surface area contributed by atoms with Crippen molar-refractivity contribution in [3.63, 3.8) is 0 Å². The summed E-state index contributed by atoms with van der Waals surface area (Å²) < 4.78 is 4.93. The second-order valence-electron chi connectivity index (χ2n) is 4.06. The van der Waals surface area contributed by atoms with Gasteiger partial charge in [0.05, 0.1) is 7.11 Å². The van der Waals surface area contributed by atoms with Crippen molar-refractivity contribution in [2.24, 2.45) is 5.92 Å². The minimum absolute atomic E-state index is 0.000768. The number of methoxy groups -OCH3 is 1. The van der Waals surface area contributed by atoms with E-state index in [2.05, 4.69) is 0 Å². The molecule has 0 radical (unpaired) electrons. The maximum Gasteiger partial charge on any atom is 0.328 e. The number of hydrogen-bond acceptors (Lipinski definition) is 5. The van der Waals surface area contributed by atoms with Crippen LogP contribution in [-0.2, 0) is 16.0 Å². The van der Waals surface area contributed by atoms with E-state index in [1.54, 1.807) is 12.1 Å². The Morgan fingerprint density at radius 2 is 1.84 bits per heavy atom. The Kier molecular flexibility index (Phi) is 3.37. The second-order valence-corrected chi connectivity index (χ2v) is 4.06. The van der Waals surface area contributed by atoms with Crippen molar-refractivity contribution >= 4 is 17.8 Å². The molecule has 1 heterocycles. The summed E-state index contributed by atoms with van der Waals surface area (Å²) in [5, 5.41) is 13.8. The summed E-state index contributed by atoms with van der Waals surface area (Å²) in [6, 6.07) is 3.73. The second kappa shape index (κ2) is 4.97. The summed E-state index contributed by atoms with van der Waals surface area (Å²) in [6.45, 7) is 0. The van der Waals surface area contributed by atoms with Crippen LogP contribution in [0, 0.1) is 5.92 Å². The van der Waals surface area contributed by atoms with Crippen LogP contribution in [0.3, 0.4) is 0 Å². The molecule has 1 aliphatic heterocycles. The van der Waals surface area contributed by atoms with Gasteiger partial charge < -0.3 is 9.84 Å². The fourth-order valence-corrected chi connectivity index (χ4v) is 1.80. The molecule has 7 heteroatoms. The zero-order chi connectivity index (χ0) is 14.0. The molecule has 0 atom stereocenters. The van der Waals surface area contributed by atoms with Crippen LogP contribution in [0.2, 0.25) is 0 Å². The number of urea groups is 1. The number of benzene rings is 1. The van der Waals surface area contributed by atoms with Crippen LogP contribution in [-0.4, -0.2) is 30.1 Å². The van der Waals surface area contributed by atoms with E-state index in [-0.39, 0.29) is 12.2 Å². The molecule has 1 aliphatic rings. The average molecular weight is 264 g/mol. The largest absolute Gasteiger partial charge is 0.508 e. The molecule has 1 aromatic rings. The third-order valence-corrected chi connectivity index (χ3v) is 2.82. The van der Waals surface area contributed by atoms with Crippen molar-refractivity contribution in [3.05, 3.63) is 23.8 Å². The normalized spacial score (nSPS) is 15.9. The molecule has 100 valence electrons. The number of carbonyl (C=O) groups is 3. The zero-order valence-corrected chi connectivity index (χ0v) is 10.1. The highest BCUT2D eigenvalue weighted by Gasteiger charge is 2.34. The van der Waals surface area contributed by atoms with Crippen LogP contribution in [0.1, 0.15) is 5.56 Å². The first-order valence-electron chi connectivity index (χ1n) is 5.53. The molecule has 0 saturated carbocycles. The van der Waals surface area contributed by atoms with E-state index < -0.39 is 23.8 Å². The quantitative estimate of drug-likeness (QED) is 0.662. The molecule has 1 aromatic carbocycles. The van der Waals surface area contributed by atoms with Crippen molar-refractivity contribution in [2.75, 3.05) is 7.11 Å². The van der Waals surface area contributed by atoms with Gasteiger partial charge in [0, 0.05) is 6.07 Å². The van der Waals surface area contributed by atoms with Crippen molar-refractivity contribution in [1.82, 2.24) is 10.6 Å². The summed E-state index contributed by atoms with van der Waals surface area (Å²) in [6.07, 6.45) is 0.000768. The SMILES string of the molecule is COc1ccc(CC2C(=O)NC(=O)NC2=O)c(O)c1. The molecular weight excluding hydrogens is 252 g/mol. The summed E-state index contributed by atoms with van der Waals surface area (Å²) >= 11 is 0. The monoisotopic (exact) mass is 264 g/mol. The number of phenolic OH excluding ortho intramolecular Hbond substituents is 1. The average Bonchev–Trinajstić information content (AvgIpc) is 2.35. The molecule has 19 heavy (non-hydrogen) atoms. The number of ether oxygens (including phenoxy) is 1.